The van der Waals surface area contributed by atoms with Crippen molar-refractivity contribution in [3.05, 3.63) is 23.3 Å². The van der Waals surface area contributed by atoms with Gasteiger partial charge in [-0.3, -0.25) is 4.79 Å². The van der Waals surface area contributed by atoms with Crippen molar-refractivity contribution in [2.24, 2.45) is 11.0 Å². The summed E-state index contributed by atoms with van der Waals surface area (Å²) in [6.45, 7) is 2.11. The third-order valence-corrected chi connectivity index (χ3v) is 5.36. The van der Waals surface area contributed by atoms with E-state index in [0.717, 1.165) is 24.1 Å². The third kappa shape index (κ3) is 3.28. The molecule has 1 spiro atoms. The molecule has 1 aliphatic heterocycles. The third-order valence-electron chi connectivity index (χ3n) is 5.36. The van der Waals surface area contributed by atoms with Gasteiger partial charge in [0, 0.05) is 5.56 Å². The van der Waals surface area contributed by atoms with Crippen molar-refractivity contribution >= 4 is 24.1 Å². The molecule has 1 saturated carbocycles. The van der Waals surface area contributed by atoms with E-state index in [9.17, 15) is 19.5 Å². The molecule has 0 unspecified atom stereocenters. The zero-order valence-corrected chi connectivity index (χ0v) is 16.0. The van der Waals surface area contributed by atoms with Gasteiger partial charge in [0.15, 0.2) is 11.5 Å². The number of methoxy groups -OCH3 is 2. The highest BCUT2D eigenvalue weighted by Gasteiger charge is 2.52. The lowest BCUT2D eigenvalue weighted by molar-refractivity contribution is -0.255. The Labute approximate surface area is 162 Å². The van der Waals surface area contributed by atoms with Crippen LogP contribution < -0.4 is 19.9 Å². The van der Waals surface area contributed by atoms with E-state index in [1.165, 1.54) is 26.4 Å². The van der Waals surface area contributed by atoms with Crippen LogP contribution in [0, 0.1) is 5.92 Å². The smallest absolute Gasteiger partial charge is 0.346 e. The molecule has 28 heavy (non-hydrogen) atoms. The van der Waals surface area contributed by atoms with Crippen molar-refractivity contribution in [1.82, 2.24) is 10.3 Å². The standard InChI is InChI=1S/C19H23N3O6/c1-11-6-8-19(9-7-11)17(25)22(18(26)21-19)20-10-12-4-5-13(27-2)15(28-3)14(12)16(23)24/h4-5,10-11H,6-9H2,1-3H3,(H,21,26)(H,23,24)/p-1/b20-10-. The number of urea groups is 1. The molecule has 2 fully saturated rings. The van der Waals surface area contributed by atoms with Crippen LogP contribution in [-0.2, 0) is 4.79 Å². The summed E-state index contributed by atoms with van der Waals surface area (Å²) < 4.78 is 10.2. The molecule has 0 bridgehead atoms. The summed E-state index contributed by atoms with van der Waals surface area (Å²) in [4.78, 5) is 36.7. The molecule has 1 aromatic rings. The molecular formula is C19H22N3O6-. The fraction of sp³-hybridized carbons (Fsp3) is 0.474. The molecule has 150 valence electrons. The van der Waals surface area contributed by atoms with Gasteiger partial charge < -0.3 is 24.7 Å². The second-order valence-electron chi connectivity index (χ2n) is 7.11. The number of rotatable bonds is 5. The molecule has 0 radical (unpaired) electrons. The van der Waals surface area contributed by atoms with Crippen LogP contribution in [0.5, 0.6) is 11.5 Å². The molecule has 0 aromatic heterocycles. The first-order chi connectivity index (χ1) is 13.3. The average Bonchev–Trinajstić information content (AvgIpc) is 2.91. The van der Waals surface area contributed by atoms with Gasteiger partial charge in [0.2, 0.25) is 0 Å². The van der Waals surface area contributed by atoms with Crippen molar-refractivity contribution in [2.75, 3.05) is 14.2 Å². The number of imide groups is 1. The lowest BCUT2D eigenvalue weighted by Crippen LogP contribution is -2.49. The Morgan fingerprint density at radius 2 is 1.96 bits per heavy atom. The lowest BCUT2D eigenvalue weighted by atomic mass is 9.77. The topological polar surface area (TPSA) is 120 Å². The molecule has 1 aromatic carbocycles. The summed E-state index contributed by atoms with van der Waals surface area (Å²) in [5.41, 5.74) is -1.08. The van der Waals surface area contributed by atoms with E-state index < -0.39 is 23.4 Å². The number of aromatic carboxylic acids is 1. The molecule has 1 N–H and O–H groups in total. The van der Waals surface area contributed by atoms with E-state index in [1.54, 1.807) is 0 Å². The Bertz CT molecular complexity index is 842. The Morgan fingerprint density at radius 3 is 2.54 bits per heavy atom. The minimum atomic E-state index is -1.49. The predicted molar refractivity (Wildman–Crippen MR) is 97.2 cm³/mol. The SMILES string of the molecule is COc1ccc(/C=N\N2C(=O)NC3(CCC(C)CC3)C2=O)c(C(=O)[O-])c1OC. The molecule has 1 aliphatic carbocycles. The highest BCUT2D eigenvalue weighted by atomic mass is 16.5. The Kier molecular flexibility index (Phi) is 5.26. The molecule has 1 saturated heterocycles. The highest BCUT2D eigenvalue weighted by Crippen LogP contribution is 2.36. The maximum Gasteiger partial charge on any atom is 0.346 e. The second-order valence-corrected chi connectivity index (χ2v) is 7.11. The Morgan fingerprint density at radius 1 is 1.29 bits per heavy atom. The van der Waals surface area contributed by atoms with Crippen LogP contribution >= 0.6 is 0 Å². The second kappa shape index (κ2) is 7.49. The molecule has 9 nitrogen and oxygen atoms in total. The van der Waals surface area contributed by atoms with Gasteiger partial charge in [-0.15, -0.1) is 5.01 Å². The molecule has 3 amide bonds. The summed E-state index contributed by atoms with van der Waals surface area (Å²) in [7, 11) is 2.68. The normalized spacial score (nSPS) is 24.7. The fourth-order valence-corrected chi connectivity index (χ4v) is 3.68. The summed E-state index contributed by atoms with van der Waals surface area (Å²) in [5, 5.41) is 19.1. The van der Waals surface area contributed by atoms with Gasteiger partial charge in [-0.05, 0) is 43.7 Å². The molecule has 3 rings (SSSR count). The van der Waals surface area contributed by atoms with Gasteiger partial charge in [-0.1, -0.05) is 6.92 Å². The van der Waals surface area contributed by atoms with Crippen molar-refractivity contribution in [2.45, 2.75) is 38.1 Å². The summed E-state index contributed by atoms with van der Waals surface area (Å²) in [5.74, 6) is -1.22. The number of hydrogen-bond acceptors (Lipinski definition) is 7. The monoisotopic (exact) mass is 388 g/mol. The molecule has 1 heterocycles. The zero-order valence-electron chi connectivity index (χ0n) is 16.0. The van der Waals surface area contributed by atoms with E-state index in [1.807, 2.05) is 0 Å². The van der Waals surface area contributed by atoms with Crippen LogP contribution in [0.15, 0.2) is 17.2 Å². The van der Waals surface area contributed by atoms with Crippen LogP contribution in [0.4, 0.5) is 4.79 Å². The van der Waals surface area contributed by atoms with Crippen LogP contribution in [0.3, 0.4) is 0 Å². The number of nitrogens with one attached hydrogen (secondary N) is 1. The van der Waals surface area contributed by atoms with E-state index in [2.05, 4.69) is 17.3 Å². The van der Waals surface area contributed by atoms with Gasteiger partial charge in [-0.2, -0.15) is 5.10 Å². The number of nitrogens with zero attached hydrogens (tertiary/aromatic N) is 2. The summed E-state index contributed by atoms with van der Waals surface area (Å²) >= 11 is 0. The maximum atomic E-state index is 12.8. The lowest BCUT2D eigenvalue weighted by Gasteiger charge is -2.33. The summed E-state index contributed by atoms with van der Waals surface area (Å²) in [6, 6.07) is 2.32. The first kappa shape index (κ1) is 19.7. The average molecular weight is 388 g/mol. The fourth-order valence-electron chi connectivity index (χ4n) is 3.68. The number of hydrogen-bond donors (Lipinski definition) is 1. The van der Waals surface area contributed by atoms with Gasteiger partial charge in [-0.25, -0.2) is 4.79 Å². The van der Waals surface area contributed by atoms with E-state index in [0.29, 0.717) is 18.8 Å². The van der Waals surface area contributed by atoms with Crippen LogP contribution in [0.2, 0.25) is 0 Å². The largest absolute Gasteiger partial charge is 0.545 e. The van der Waals surface area contributed by atoms with Crippen LogP contribution in [-0.4, -0.2) is 48.9 Å². The number of ether oxygens (including phenoxy) is 2. The van der Waals surface area contributed by atoms with E-state index >= 15 is 0 Å². The molecule has 2 aliphatic rings. The van der Waals surface area contributed by atoms with Crippen LogP contribution in [0.1, 0.15) is 48.5 Å². The van der Waals surface area contributed by atoms with Gasteiger partial charge >= 0.3 is 6.03 Å². The van der Waals surface area contributed by atoms with Gasteiger partial charge in [0.05, 0.1) is 32.0 Å². The van der Waals surface area contributed by atoms with Gasteiger partial charge in [0.25, 0.3) is 5.91 Å². The predicted octanol–water partition coefficient (Wildman–Crippen LogP) is 0.902. The minimum Gasteiger partial charge on any atom is -0.545 e. The number of carboxylic acid groups (broad SMARTS) is 1. The van der Waals surface area contributed by atoms with Crippen molar-refractivity contribution in [3.8, 4) is 11.5 Å². The molecular weight excluding hydrogens is 366 g/mol. The number of amides is 3. The number of carboxylic acids is 1. The Hall–Kier alpha value is -3.10. The number of carbonyl (C=O) groups is 3. The maximum absolute atomic E-state index is 12.8. The zero-order chi connectivity index (χ0) is 20.5. The van der Waals surface area contributed by atoms with Crippen molar-refractivity contribution in [3.63, 3.8) is 0 Å². The number of carbonyl (C=O) groups excluding carboxylic acids is 3. The number of hydrazone groups is 1. The van der Waals surface area contributed by atoms with Crippen LogP contribution in [0.25, 0.3) is 0 Å². The summed E-state index contributed by atoms with van der Waals surface area (Å²) in [6.07, 6.45) is 3.94. The highest BCUT2D eigenvalue weighted by molar-refractivity contribution is 6.08. The molecule has 0 atom stereocenters. The minimum absolute atomic E-state index is 0.0265. The van der Waals surface area contributed by atoms with Crippen molar-refractivity contribution in [1.29, 1.82) is 0 Å². The van der Waals surface area contributed by atoms with E-state index in [4.69, 9.17) is 9.47 Å². The quantitative estimate of drug-likeness (QED) is 0.591. The first-order valence-corrected chi connectivity index (χ1v) is 9.00. The Balaban J connectivity index is 1.91. The van der Waals surface area contributed by atoms with Crippen molar-refractivity contribution < 1.29 is 29.0 Å². The number of benzene rings is 1. The molecule has 9 heteroatoms. The first-order valence-electron chi connectivity index (χ1n) is 9.00. The van der Waals surface area contributed by atoms with E-state index in [-0.39, 0.29) is 22.6 Å². The van der Waals surface area contributed by atoms with Gasteiger partial charge in [0.1, 0.15) is 5.54 Å².